The van der Waals surface area contributed by atoms with Crippen LogP contribution < -0.4 is 10.9 Å². The van der Waals surface area contributed by atoms with E-state index in [1.54, 1.807) is 23.5 Å². The largest absolute Gasteiger partial charge is 0.306 e. The molecule has 9 heteroatoms. The molecule has 0 atom stereocenters. The van der Waals surface area contributed by atoms with Crippen LogP contribution in [0.2, 0.25) is 0 Å². The number of nitrogens with one attached hydrogen (secondary N) is 2. The van der Waals surface area contributed by atoms with E-state index in [1.807, 2.05) is 55.8 Å². The number of carbonyl (C=O) groups is 1. The highest BCUT2D eigenvalue weighted by molar-refractivity contribution is 7.98. The molecule has 0 saturated heterocycles. The molecule has 0 saturated carbocycles. The van der Waals surface area contributed by atoms with E-state index >= 15 is 0 Å². The molecule has 31 heavy (non-hydrogen) atoms. The van der Waals surface area contributed by atoms with Crippen molar-refractivity contribution >= 4 is 34.8 Å². The molecule has 7 nitrogen and oxygen atoms in total. The van der Waals surface area contributed by atoms with Gasteiger partial charge < -0.3 is 5.32 Å². The first kappa shape index (κ1) is 21.1. The average Bonchev–Trinajstić information content (AvgIpc) is 3.43. The van der Waals surface area contributed by atoms with E-state index < -0.39 is 0 Å². The highest BCUT2D eigenvalue weighted by atomic mass is 32.2. The van der Waals surface area contributed by atoms with Crippen LogP contribution in [0.25, 0.3) is 16.5 Å². The molecule has 4 aromatic rings. The summed E-state index contributed by atoms with van der Waals surface area (Å²) in [5.41, 5.74) is 1.63. The molecule has 0 aliphatic rings. The zero-order chi connectivity index (χ0) is 22.0. The SMILES string of the molecule is CSc1ccccc1C(=O)Nc1cc(-c2cccs2)nn1-c1nc(C(C)C)cc(=O)[nH]1. The number of thioether (sulfide) groups is 1. The van der Waals surface area contributed by atoms with Crippen molar-refractivity contribution in [3.8, 4) is 16.5 Å². The molecule has 0 radical (unpaired) electrons. The van der Waals surface area contributed by atoms with Gasteiger partial charge in [0.2, 0.25) is 5.95 Å². The second kappa shape index (κ2) is 8.91. The lowest BCUT2D eigenvalue weighted by Crippen LogP contribution is -2.20. The number of thiophene rings is 1. The summed E-state index contributed by atoms with van der Waals surface area (Å²) in [6.45, 7) is 3.93. The number of aromatic nitrogens is 4. The molecule has 3 aromatic heterocycles. The Bertz CT molecular complexity index is 1280. The first-order valence-electron chi connectivity index (χ1n) is 9.66. The summed E-state index contributed by atoms with van der Waals surface area (Å²) in [5.74, 6) is 0.492. The van der Waals surface area contributed by atoms with Gasteiger partial charge in [-0.15, -0.1) is 23.1 Å². The summed E-state index contributed by atoms with van der Waals surface area (Å²) in [5, 5.41) is 9.53. The fraction of sp³-hybridized carbons (Fsp3) is 0.182. The fourth-order valence-electron chi connectivity index (χ4n) is 3.05. The van der Waals surface area contributed by atoms with E-state index in [1.165, 1.54) is 22.5 Å². The molecule has 3 heterocycles. The molecule has 1 amide bonds. The molecule has 0 aliphatic carbocycles. The van der Waals surface area contributed by atoms with Crippen molar-refractivity contribution in [3.05, 3.63) is 75.5 Å². The normalized spacial score (nSPS) is 11.1. The van der Waals surface area contributed by atoms with E-state index in [-0.39, 0.29) is 23.3 Å². The minimum Gasteiger partial charge on any atom is -0.306 e. The van der Waals surface area contributed by atoms with Gasteiger partial charge in [-0.3, -0.25) is 14.6 Å². The number of aromatic amines is 1. The van der Waals surface area contributed by atoms with Crippen LogP contribution in [0.15, 0.2) is 63.6 Å². The smallest absolute Gasteiger partial charge is 0.257 e. The van der Waals surface area contributed by atoms with Crippen molar-refractivity contribution in [3.63, 3.8) is 0 Å². The monoisotopic (exact) mass is 451 g/mol. The van der Waals surface area contributed by atoms with Crippen molar-refractivity contribution in [1.82, 2.24) is 19.7 Å². The van der Waals surface area contributed by atoms with Crippen LogP contribution in [-0.4, -0.2) is 31.9 Å². The third-order valence-corrected chi connectivity index (χ3v) is 6.31. The number of amides is 1. The number of benzene rings is 1. The van der Waals surface area contributed by atoms with Crippen molar-refractivity contribution in [2.24, 2.45) is 0 Å². The minimum absolute atomic E-state index is 0.0693. The molecule has 0 unspecified atom stereocenters. The van der Waals surface area contributed by atoms with Crippen LogP contribution in [-0.2, 0) is 0 Å². The zero-order valence-electron chi connectivity index (χ0n) is 17.2. The van der Waals surface area contributed by atoms with E-state index in [4.69, 9.17) is 0 Å². The highest BCUT2D eigenvalue weighted by Gasteiger charge is 2.19. The summed E-state index contributed by atoms with van der Waals surface area (Å²) in [6, 6.07) is 14.6. The second-order valence-electron chi connectivity index (χ2n) is 7.11. The molecular weight excluding hydrogens is 430 g/mol. The van der Waals surface area contributed by atoms with Gasteiger partial charge in [-0.05, 0) is 35.8 Å². The number of rotatable bonds is 6. The van der Waals surface area contributed by atoms with Gasteiger partial charge in [-0.25, -0.2) is 4.98 Å². The molecule has 4 rings (SSSR count). The Morgan fingerprint density at radius 3 is 2.71 bits per heavy atom. The molecule has 158 valence electrons. The number of hydrogen-bond acceptors (Lipinski definition) is 6. The molecule has 0 fully saturated rings. The van der Waals surface area contributed by atoms with Crippen molar-refractivity contribution in [2.45, 2.75) is 24.7 Å². The first-order valence-corrected chi connectivity index (χ1v) is 11.8. The Kier molecular flexibility index (Phi) is 6.06. The third kappa shape index (κ3) is 4.47. The number of nitrogens with zero attached hydrogens (tertiary/aromatic N) is 3. The van der Waals surface area contributed by atoms with E-state index in [2.05, 4.69) is 20.4 Å². The molecule has 1 aromatic carbocycles. The number of hydrogen-bond donors (Lipinski definition) is 2. The first-order chi connectivity index (χ1) is 15.0. The van der Waals surface area contributed by atoms with Crippen LogP contribution in [0.4, 0.5) is 5.82 Å². The maximum absolute atomic E-state index is 13.1. The van der Waals surface area contributed by atoms with Crippen LogP contribution in [0.1, 0.15) is 35.8 Å². The minimum atomic E-state index is -0.271. The number of carbonyl (C=O) groups excluding carboxylic acids is 1. The van der Waals surface area contributed by atoms with Gasteiger partial charge in [0.1, 0.15) is 11.5 Å². The van der Waals surface area contributed by atoms with Gasteiger partial charge in [0.15, 0.2) is 0 Å². The second-order valence-corrected chi connectivity index (χ2v) is 8.90. The molecule has 0 spiro atoms. The maximum atomic E-state index is 13.1. The summed E-state index contributed by atoms with van der Waals surface area (Å²) in [6.07, 6.45) is 1.93. The molecular formula is C22H21N5O2S2. The lowest BCUT2D eigenvalue weighted by atomic mass is 10.1. The Balaban J connectivity index is 1.80. The van der Waals surface area contributed by atoms with Crippen molar-refractivity contribution in [1.29, 1.82) is 0 Å². The van der Waals surface area contributed by atoms with E-state index in [9.17, 15) is 9.59 Å². The van der Waals surface area contributed by atoms with Gasteiger partial charge in [0, 0.05) is 17.0 Å². The van der Waals surface area contributed by atoms with Crippen LogP contribution in [0.3, 0.4) is 0 Å². The predicted molar refractivity (Wildman–Crippen MR) is 126 cm³/mol. The Hall–Kier alpha value is -3.17. The standard InChI is InChI=1S/C22H21N5O2S2/c1-13(2)15-12-20(28)25-22(23-15)27-19(11-16(26-27)18-9-6-10-31-18)24-21(29)14-7-4-5-8-17(14)30-3/h4-13H,1-3H3,(H,24,29)(H,23,25,28). The summed E-state index contributed by atoms with van der Waals surface area (Å²) in [7, 11) is 0. The third-order valence-electron chi connectivity index (χ3n) is 4.62. The fourth-order valence-corrected chi connectivity index (χ4v) is 4.33. The Morgan fingerprint density at radius 2 is 2.00 bits per heavy atom. The van der Waals surface area contributed by atoms with Crippen LogP contribution in [0.5, 0.6) is 0 Å². The average molecular weight is 452 g/mol. The van der Waals surface area contributed by atoms with Crippen LogP contribution >= 0.6 is 23.1 Å². The van der Waals surface area contributed by atoms with Gasteiger partial charge >= 0.3 is 0 Å². The van der Waals surface area contributed by atoms with Gasteiger partial charge in [-0.2, -0.15) is 9.78 Å². The maximum Gasteiger partial charge on any atom is 0.257 e. The van der Waals surface area contributed by atoms with Crippen molar-refractivity contribution in [2.75, 3.05) is 11.6 Å². The number of anilines is 1. The van der Waals surface area contributed by atoms with Gasteiger partial charge in [0.05, 0.1) is 16.1 Å². The molecule has 2 N–H and O–H groups in total. The highest BCUT2D eigenvalue weighted by Crippen LogP contribution is 2.28. The lowest BCUT2D eigenvalue weighted by molar-refractivity contribution is 0.102. The summed E-state index contributed by atoms with van der Waals surface area (Å²) in [4.78, 5) is 34.4. The van der Waals surface area contributed by atoms with Gasteiger partial charge in [-0.1, -0.05) is 32.0 Å². The number of H-pyrrole nitrogens is 1. The lowest BCUT2D eigenvalue weighted by Gasteiger charge is -2.11. The van der Waals surface area contributed by atoms with E-state index in [0.29, 0.717) is 22.8 Å². The quantitative estimate of drug-likeness (QED) is 0.412. The molecule has 0 bridgehead atoms. The zero-order valence-corrected chi connectivity index (χ0v) is 18.9. The van der Waals surface area contributed by atoms with Crippen LogP contribution in [0, 0.1) is 0 Å². The van der Waals surface area contributed by atoms with Gasteiger partial charge in [0.25, 0.3) is 11.5 Å². The Morgan fingerprint density at radius 1 is 1.19 bits per heavy atom. The summed E-state index contributed by atoms with van der Waals surface area (Å²) >= 11 is 3.05. The Labute approximate surface area is 187 Å². The van der Waals surface area contributed by atoms with E-state index in [0.717, 1.165) is 9.77 Å². The predicted octanol–water partition coefficient (Wildman–Crippen LogP) is 4.78. The molecule has 0 aliphatic heterocycles. The van der Waals surface area contributed by atoms with Crippen molar-refractivity contribution < 1.29 is 4.79 Å². The topological polar surface area (TPSA) is 92.7 Å². The summed E-state index contributed by atoms with van der Waals surface area (Å²) < 4.78 is 1.47.